The van der Waals surface area contributed by atoms with Crippen molar-refractivity contribution in [2.24, 2.45) is 23.7 Å². The van der Waals surface area contributed by atoms with Crippen LogP contribution in [0.4, 0.5) is 0 Å². The summed E-state index contributed by atoms with van der Waals surface area (Å²) in [4.78, 5) is 72.9. The first-order chi connectivity index (χ1) is 46.7. The second-order valence-corrected chi connectivity index (χ2v) is 32.4. The lowest BCUT2D eigenvalue weighted by molar-refractivity contribution is -0.161. The number of aliphatic hydroxyl groups is 1. The SMILES string of the molecule is CCC(C)CCCCCCCCCCCCC(=O)OC[C@H](COP(=O)(O)OCC(O)COP(=O)(O)OC[C@@H](COC(=O)CCCCCCCCCCC(C)C)OC(=O)CCCCCCCCCCCCC(C)CC)OC(=O)CCCCCCCCCCCCCCCCCC(C)C. The van der Waals surface area contributed by atoms with Crippen molar-refractivity contribution in [2.75, 3.05) is 39.6 Å². The van der Waals surface area contributed by atoms with E-state index in [1.165, 1.54) is 199 Å². The van der Waals surface area contributed by atoms with Gasteiger partial charge in [0.1, 0.15) is 19.3 Å². The first-order valence-corrected chi connectivity index (χ1v) is 43.3. The number of phosphoric ester groups is 2. The molecule has 0 bridgehead atoms. The summed E-state index contributed by atoms with van der Waals surface area (Å²) >= 11 is 0. The molecular formula is C78H152O17P2. The molecule has 0 aliphatic rings. The highest BCUT2D eigenvalue weighted by molar-refractivity contribution is 7.47. The topological polar surface area (TPSA) is 237 Å². The summed E-state index contributed by atoms with van der Waals surface area (Å²) in [5.74, 6) is 1.02. The monoisotopic (exact) mass is 1420 g/mol. The van der Waals surface area contributed by atoms with Crippen LogP contribution in [0, 0.1) is 23.7 Å². The number of hydrogen-bond donors (Lipinski definition) is 3. The fraction of sp³-hybridized carbons (Fsp3) is 0.949. The molecule has 0 aromatic carbocycles. The van der Waals surface area contributed by atoms with Crippen molar-refractivity contribution in [3.8, 4) is 0 Å². The van der Waals surface area contributed by atoms with Crippen LogP contribution in [0.25, 0.3) is 0 Å². The number of aliphatic hydroxyl groups excluding tert-OH is 1. The van der Waals surface area contributed by atoms with Gasteiger partial charge in [0.2, 0.25) is 0 Å². The van der Waals surface area contributed by atoms with Crippen molar-refractivity contribution < 1.29 is 80.2 Å². The molecule has 0 saturated carbocycles. The third kappa shape index (κ3) is 69.5. The molecule has 576 valence electrons. The Hall–Kier alpha value is -1.94. The zero-order valence-electron chi connectivity index (χ0n) is 63.7. The maximum atomic E-state index is 13.1. The lowest BCUT2D eigenvalue weighted by Crippen LogP contribution is -2.30. The zero-order valence-corrected chi connectivity index (χ0v) is 65.5. The zero-order chi connectivity index (χ0) is 71.7. The molecule has 0 spiro atoms. The standard InChI is InChI=1S/C78H152O17P2/c1-9-70(7)56-48-40-32-23-18-20-25-34-42-50-58-75(80)88-64-73(94-77(82)60-52-44-36-26-17-15-13-11-12-14-16-22-30-38-46-54-68(3)4)66-92-96(84,85)90-62-72(79)63-91-97(86,87)93-67-74(65-89-76(81)59-51-43-35-29-28-31-39-47-55-69(5)6)95-78(83)61-53-45-37-27-21-19-24-33-41-49-57-71(8)10-2/h68-74,79H,9-67H2,1-8H3,(H,84,85)(H,86,87)/t70?,71?,72?,73-,74-/m1/s1. The van der Waals surface area contributed by atoms with Gasteiger partial charge in [0.25, 0.3) is 0 Å². The third-order valence-corrected chi connectivity index (χ3v) is 20.7. The summed E-state index contributed by atoms with van der Waals surface area (Å²) in [6.45, 7) is 14.3. The molecular weight excluding hydrogens is 1270 g/mol. The fourth-order valence-corrected chi connectivity index (χ4v) is 13.4. The van der Waals surface area contributed by atoms with Gasteiger partial charge in [-0.2, -0.15) is 0 Å². The van der Waals surface area contributed by atoms with E-state index in [0.29, 0.717) is 25.7 Å². The Labute approximate surface area is 594 Å². The van der Waals surface area contributed by atoms with Crippen molar-refractivity contribution in [2.45, 2.75) is 414 Å². The molecule has 5 unspecified atom stereocenters. The van der Waals surface area contributed by atoms with Crippen LogP contribution in [-0.4, -0.2) is 96.7 Å². The van der Waals surface area contributed by atoms with E-state index in [4.69, 9.17) is 37.0 Å². The van der Waals surface area contributed by atoms with E-state index >= 15 is 0 Å². The first kappa shape index (κ1) is 95.1. The van der Waals surface area contributed by atoms with Crippen LogP contribution in [0.1, 0.15) is 396 Å². The molecule has 0 amide bonds. The van der Waals surface area contributed by atoms with Crippen LogP contribution in [0.15, 0.2) is 0 Å². The summed E-state index contributed by atoms with van der Waals surface area (Å²) < 4.78 is 68.6. The number of unbranched alkanes of at least 4 members (excludes halogenated alkanes) is 39. The van der Waals surface area contributed by atoms with E-state index in [-0.39, 0.29) is 25.7 Å². The number of carbonyl (C=O) groups is 4. The van der Waals surface area contributed by atoms with Gasteiger partial charge in [-0.3, -0.25) is 37.3 Å². The number of ether oxygens (including phenoxy) is 4. The highest BCUT2D eigenvalue weighted by Gasteiger charge is 2.30. The van der Waals surface area contributed by atoms with Gasteiger partial charge < -0.3 is 33.8 Å². The van der Waals surface area contributed by atoms with E-state index < -0.39 is 97.5 Å². The predicted molar refractivity (Wildman–Crippen MR) is 395 cm³/mol. The minimum Gasteiger partial charge on any atom is -0.462 e. The van der Waals surface area contributed by atoms with Crippen molar-refractivity contribution in [3.63, 3.8) is 0 Å². The number of esters is 4. The number of hydrogen-bond acceptors (Lipinski definition) is 15. The van der Waals surface area contributed by atoms with E-state index in [2.05, 4.69) is 55.4 Å². The average Bonchev–Trinajstić information content (AvgIpc) is 1.20. The van der Waals surface area contributed by atoms with Crippen LogP contribution in [0.2, 0.25) is 0 Å². The summed E-state index contributed by atoms with van der Waals surface area (Å²) in [6.07, 6.45) is 52.6. The molecule has 97 heavy (non-hydrogen) atoms. The predicted octanol–water partition coefficient (Wildman–Crippen LogP) is 22.8. The molecule has 0 aromatic heterocycles. The quantitative estimate of drug-likeness (QED) is 0.0222. The average molecular weight is 1420 g/mol. The first-order valence-electron chi connectivity index (χ1n) is 40.3. The summed E-state index contributed by atoms with van der Waals surface area (Å²) in [5, 5.41) is 10.6. The van der Waals surface area contributed by atoms with Crippen LogP contribution >= 0.6 is 15.6 Å². The number of rotatable bonds is 75. The Morgan fingerprint density at radius 3 is 0.732 bits per heavy atom. The summed E-state index contributed by atoms with van der Waals surface area (Å²) in [7, 11) is -9.92. The maximum absolute atomic E-state index is 13.1. The minimum absolute atomic E-state index is 0.105. The Morgan fingerprint density at radius 1 is 0.289 bits per heavy atom. The van der Waals surface area contributed by atoms with Crippen LogP contribution in [0.3, 0.4) is 0 Å². The van der Waals surface area contributed by atoms with E-state index in [9.17, 15) is 43.2 Å². The number of carbonyl (C=O) groups excluding carboxylic acids is 4. The molecule has 0 aliphatic carbocycles. The maximum Gasteiger partial charge on any atom is 0.472 e. The van der Waals surface area contributed by atoms with Gasteiger partial charge in [-0.1, -0.05) is 344 Å². The molecule has 0 aliphatic heterocycles. The normalized spacial score (nSPS) is 14.6. The van der Waals surface area contributed by atoms with E-state index in [1.807, 2.05) is 0 Å². The van der Waals surface area contributed by atoms with Crippen LogP contribution in [-0.2, 0) is 65.4 Å². The molecule has 0 fully saturated rings. The molecule has 17 nitrogen and oxygen atoms in total. The van der Waals surface area contributed by atoms with Crippen molar-refractivity contribution >= 4 is 39.5 Å². The molecule has 0 aromatic rings. The highest BCUT2D eigenvalue weighted by Crippen LogP contribution is 2.45. The molecule has 0 saturated heterocycles. The van der Waals surface area contributed by atoms with Crippen molar-refractivity contribution in [1.82, 2.24) is 0 Å². The molecule has 3 N–H and O–H groups in total. The third-order valence-electron chi connectivity index (χ3n) is 18.8. The second kappa shape index (κ2) is 67.2. The minimum atomic E-state index is -4.96. The van der Waals surface area contributed by atoms with Gasteiger partial charge in [-0.05, 0) is 49.4 Å². The Kier molecular flexibility index (Phi) is 65.9. The van der Waals surface area contributed by atoms with Gasteiger partial charge in [-0.25, -0.2) is 9.13 Å². The van der Waals surface area contributed by atoms with E-state index in [1.54, 1.807) is 0 Å². The molecule has 0 rings (SSSR count). The van der Waals surface area contributed by atoms with Crippen molar-refractivity contribution in [3.05, 3.63) is 0 Å². The molecule has 19 heteroatoms. The molecule has 0 heterocycles. The van der Waals surface area contributed by atoms with Crippen LogP contribution < -0.4 is 0 Å². The Morgan fingerprint density at radius 2 is 0.495 bits per heavy atom. The van der Waals surface area contributed by atoms with Crippen molar-refractivity contribution in [1.29, 1.82) is 0 Å². The van der Waals surface area contributed by atoms with Gasteiger partial charge in [0.05, 0.1) is 26.4 Å². The second-order valence-electron chi connectivity index (χ2n) is 29.5. The van der Waals surface area contributed by atoms with E-state index in [0.717, 1.165) is 114 Å². The Balaban J connectivity index is 5.27. The molecule has 7 atom stereocenters. The largest absolute Gasteiger partial charge is 0.472 e. The van der Waals surface area contributed by atoms with Gasteiger partial charge in [0, 0.05) is 25.7 Å². The summed E-state index contributed by atoms with van der Waals surface area (Å²) in [6, 6.07) is 0. The Bertz CT molecular complexity index is 1910. The fourth-order valence-electron chi connectivity index (χ4n) is 11.8. The molecule has 0 radical (unpaired) electrons. The smallest absolute Gasteiger partial charge is 0.462 e. The summed E-state index contributed by atoms with van der Waals surface area (Å²) in [5.41, 5.74) is 0. The van der Waals surface area contributed by atoms with Gasteiger partial charge in [-0.15, -0.1) is 0 Å². The lowest BCUT2D eigenvalue weighted by Gasteiger charge is -2.21. The lowest BCUT2D eigenvalue weighted by atomic mass is 9.99. The highest BCUT2D eigenvalue weighted by atomic mass is 31.2. The number of phosphoric acid groups is 2. The van der Waals surface area contributed by atoms with Crippen LogP contribution in [0.5, 0.6) is 0 Å². The van der Waals surface area contributed by atoms with Gasteiger partial charge >= 0.3 is 39.5 Å². The van der Waals surface area contributed by atoms with Gasteiger partial charge in [0.15, 0.2) is 12.2 Å².